The van der Waals surface area contributed by atoms with Crippen LogP contribution < -0.4 is 0 Å². The van der Waals surface area contributed by atoms with Gasteiger partial charge in [0.15, 0.2) is 5.78 Å². The molecule has 2 amide bonds. The standard InChI is InChI=1S/C17H15BrN2O3/c1-19-16(22)13-11-6-7-12(21)15(14(13)17(19)23)20(11)8-9-2-4-10(18)5-3-9/h2-7,11,13-15H,8H2,1H3. The van der Waals surface area contributed by atoms with Gasteiger partial charge in [-0.1, -0.05) is 34.1 Å². The van der Waals surface area contributed by atoms with Gasteiger partial charge in [0.25, 0.3) is 0 Å². The highest BCUT2D eigenvalue weighted by Crippen LogP contribution is 2.45. The average Bonchev–Trinajstić information content (AvgIpc) is 2.89. The SMILES string of the molecule is CN1C(=O)C2C(C1=O)C1C(=O)C=CC2N1Cc1ccc(Br)cc1. The molecular weight excluding hydrogens is 360 g/mol. The van der Waals surface area contributed by atoms with Crippen LogP contribution in [0.25, 0.3) is 0 Å². The lowest BCUT2D eigenvalue weighted by Gasteiger charge is -2.32. The number of hydrogen-bond donors (Lipinski definition) is 0. The van der Waals surface area contributed by atoms with Crippen LogP contribution in [0.5, 0.6) is 0 Å². The molecule has 6 heteroatoms. The summed E-state index contributed by atoms with van der Waals surface area (Å²) in [5.41, 5.74) is 1.06. The molecule has 2 saturated heterocycles. The van der Waals surface area contributed by atoms with Crippen molar-refractivity contribution in [3.8, 4) is 0 Å². The molecule has 0 saturated carbocycles. The van der Waals surface area contributed by atoms with Gasteiger partial charge in [-0.2, -0.15) is 0 Å². The molecule has 4 unspecified atom stereocenters. The number of rotatable bonds is 2. The van der Waals surface area contributed by atoms with Crippen molar-refractivity contribution in [3.05, 3.63) is 46.5 Å². The maximum atomic E-state index is 12.4. The number of imide groups is 1. The Bertz CT molecular complexity index is 743. The highest BCUT2D eigenvalue weighted by molar-refractivity contribution is 9.10. The highest BCUT2D eigenvalue weighted by atomic mass is 79.9. The first-order valence-electron chi connectivity index (χ1n) is 7.52. The molecule has 2 bridgehead atoms. The van der Waals surface area contributed by atoms with Crippen molar-refractivity contribution in [3.63, 3.8) is 0 Å². The van der Waals surface area contributed by atoms with Crippen LogP contribution in [0.1, 0.15) is 5.56 Å². The molecule has 5 nitrogen and oxygen atoms in total. The van der Waals surface area contributed by atoms with Crippen LogP contribution >= 0.6 is 15.9 Å². The summed E-state index contributed by atoms with van der Waals surface area (Å²) in [6.07, 6.45) is 3.32. The third-order valence-corrected chi connectivity index (χ3v) is 5.62. The van der Waals surface area contributed by atoms with E-state index in [2.05, 4.69) is 15.9 Å². The van der Waals surface area contributed by atoms with Crippen molar-refractivity contribution >= 4 is 33.5 Å². The van der Waals surface area contributed by atoms with Crippen LogP contribution in [0.15, 0.2) is 40.9 Å². The Kier molecular flexibility index (Phi) is 3.28. The maximum absolute atomic E-state index is 12.4. The first kappa shape index (κ1) is 14.8. The zero-order valence-corrected chi connectivity index (χ0v) is 14.1. The molecule has 0 aromatic heterocycles. The summed E-state index contributed by atoms with van der Waals surface area (Å²) in [6, 6.07) is 7.15. The van der Waals surface area contributed by atoms with Gasteiger partial charge in [0, 0.05) is 24.1 Å². The monoisotopic (exact) mass is 374 g/mol. The van der Waals surface area contributed by atoms with E-state index in [4.69, 9.17) is 0 Å². The number of benzene rings is 1. The first-order chi connectivity index (χ1) is 11.0. The average molecular weight is 375 g/mol. The summed E-state index contributed by atoms with van der Waals surface area (Å²) < 4.78 is 0.989. The zero-order valence-electron chi connectivity index (χ0n) is 12.5. The van der Waals surface area contributed by atoms with Gasteiger partial charge >= 0.3 is 0 Å². The number of halogens is 1. The zero-order chi connectivity index (χ0) is 16.3. The van der Waals surface area contributed by atoms with Crippen molar-refractivity contribution in [1.29, 1.82) is 0 Å². The van der Waals surface area contributed by atoms with Gasteiger partial charge < -0.3 is 0 Å². The fraction of sp³-hybridized carbons (Fsp3) is 0.353. The normalized spacial score (nSPS) is 32.8. The third kappa shape index (κ3) is 2.05. The minimum atomic E-state index is -0.546. The molecule has 1 aromatic carbocycles. The fourth-order valence-electron chi connectivity index (χ4n) is 4.02. The highest BCUT2D eigenvalue weighted by Gasteiger charge is 2.63. The van der Waals surface area contributed by atoms with Crippen molar-refractivity contribution in [2.45, 2.75) is 18.6 Å². The summed E-state index contributed by atoms with van der Waals surface area (Å²) in [7, 11) is 1.51. The van der Waals surface area contributed by atoms with E-state index >= 15 is 0 Å². The van der Waals surface area contributed by atoms with Crippen LogP contribution in [0.2, 0.25) is 0 Å². The van der Waals surface area contributed by atoms with Crippen molar-refractivity contribution in [2.24, 2.45) is 11.8 Å². The van der Waals surface area contributed by atoms with Crippen LogP contribution in [0.4, 0.5) is 0 Å². The molecule has 3 heterocycles. The Balaban J connectivity index is 1.71. The second-order valence-electron chi connectivity index (χ2n) is 6.28. The lowest BCUT2D eigenvalue weighted by atomic mass is 9.90. The number of carbonyl (C=O) groups excluding carboxylic acids is 3. The van der Waals surface area contributed by atoms with Gasteiger partial charge in [-0.05, 0) is 23.8 Å². The molecule has 4 rings (SSSR count). The Hall–Kier alpha value is -1.79. The second-order valence-corrected chi connectivity index (χ2v) is 7.20. The van der Waals surface area contributed by atoms with Gasteiger partial charge in [0.1, 0.15) is 0 Å². The molecule has 23 heavy (non-hydrogen) atoms. The number of nitrogens with zero attached hydrogens (tertiary/aromatic N) is 2. The number of fused-ring (bicyclic) bond motifs is 5. The Morgan fingerprint density at radius 2 is 1.70 bits per heavy atom. The first-order valence-corrected chi connectivity index (χ1v) is 8.32. The van der Waals surface area contributed by atoms with Gasteiger partial charge in [-0.3, -0.25) is 24.2 Å². The van der Waals surface area contributed by atoms with Crippen molar-refractivity contribution < 1.29 is 14.4 Å². The lowest BCUT2D eigenvalue weighted by molar-refractivity contribution is -0.141. The molecule has 0 spiro atoms. The summed E-state index contributed by atoms with van der Waals surface area (Å²) in [5.74, 6) is -1.47. The van der Waals surface area contributed by atoms with Crippen LogP contribution in [0.3, 0.4) is 0 Å². The Morgan fingerprint density at radius 3 is 2.39 bits per heavy atom. The Morgan fingerprint density at radius 1 is 1.04 bits per heavy atom. The Labute approximate surface area is 142 Å². The van der Waals surface area contributed by atoms with E-state index in [9.17, 15) is 14.4 Å². The van der Waals surface area contributed by atoms with E-state index in [0.717, 1.165) is 10.0 Å². The summed E-state index contributed by atoms with van der Waals surface area (Å²) in [5, 5.41) is 0. The minimum absolute atomic E-state index is 0.0812. The second kappa shape index (κ2) is 5.11. The number of carbonyl (C=O) groups is 3. The van der Waals surface area contributed by atoms with Crippen molar-refractivity contribution in [1.82, 2.24) is 9.80 Å². The summed E-state index contributed by atoms with van der Waals surface area (Å²) >= 11 is 3.40. The van der Waals surface area contributed by atoms with Gasteiger partial charge in [0.2, 0.25) is 11.8 Å². The number of amides is 2. The number of likely N-dealkylation sites (tertiary alicyclic amines) is 1. The van der Waals surface area contributed by atoms with Gasteiger partial charge in [0.05, 0.1) is 17.9 Å². The van der Waals surface area contributed by atoms with Crippen LogP contribution in [0, 0.1) is 11.8 Å². The van der Waals surface area contributed by atoms with Crippen LogP contribution in [-0.4, -0.2) is 46.5 Å². The minimum Gasteiger partial charge on any atom is -0.293 e. The quantitative estimate of drug-likeness (QED) is 0.733. The fourth-order valence-corrected chi connectivity index (χ4v) is 4.28. The third-order valence-electron chi connectivity index (χ3n) is 5.09. The van der Waals surface area contributed by atoms with E-state index in [1.807, 2.05) is 29.2 Å². The molecule has 3 aliphatic heterocycles. The van der Waals surface area contributed by atoms with E-state index in [1.54, 1.807) is 6.08 Å². The molecular formula is C17H15BrN2O3. The summed E-state index contributed by atoms with van der Waals surface area (Å²) in [4.78, 5) is 40.4. The van der Waals surface area contributed by atoms with Crippen molar-refractivity contribution in [2.75, 3.05) is 7.05 Å². The molecule has 0 radical (unpaired) electrons. The predicted octanol–water partition coefficient (Wildman–Crippen LogP) is 1.37. The molecule has 3 aliphatic rings. The molecule has 2 fully saturated rings. The van der Waals surface area contributed by atoms with E-state index in [-0.39, 0.29) is 23.6 Å². The molecule has 4 atom stereocenters. The van der Waals surface area contributed by atoms with E-state index in [1.165, 1.54) is 18.0 Å². The lowest BCUT2D eigenvalue weighted by Crippen LogP contribution is -2.48. The van der Waals surface area contributed by atoms with Gasteiger partial charge in [-0.15, -0.1) is 0 Å². The summed E-state index contributed by atoms with van der Waals surface area (Å²) in [6.45, 7) is 0.552. The van der Waals surface area contributed by atoms with Gasteiger partial charge in [-0.25, -0.2) is 0 Å². The topological polar surface area (TPSA) is 57.7 Å². The van der Waals surface area contributed by atoms with E-state index < -0.39 is 17.9 Å². The predicted molar refractivity (Wildman–Crippen MR) is 86.2 cm³/mol. The van der Waals surface area contributed by atoms with E-state index in [0.29, 0.717) is 6.54 Å². The molecule has 0 aliphatic carbocycles. The largest absolute Gasteiger partial charge is 0.293 e. The maximum Gasteiger partial charge on any atom is 0.234 e. The molecule has 118 valence electrons. The number of hydrogen-bond acceptors (Lipinski definition) is 4. The smallest absolute Gasteiger partial charge is 0.234 e. The van der Waals surface area contributed by atoms with Crippen LogP contribution in [-0.2, 0) is 20.9 Å². The number of ketones is 1. The molecule has 0 N–H and O–H groups in total. The molecule has 1 aromatic rings.